The highest BCUT2D eigenvalue weighted by molar-refractivity contribution is 5.80. The average molecular weight is 309 g/mol. The number of amides is 2. The maximum absolute atomic E-state index is 14.1. The Balaban J connectivity index is 2.23. The first kappa shape index (κ1) is 16.2. The number of primary amides is 1. The van der Waals surface area contributed by atoms with Gasteiger partial charge in [-0.15, -0.1) is 0 Å². The maximum atomic E-state index is 14.1. The smallest absolute Gasteiger partial charge is 0.234 e. The van der Waals surface area contributed by atoms with E-state index in [2.05, 4.69) is 5.32 Å². The number of rotatable bonds is 6. The number of nitrogens with one attached hydrogen (secondary N) is 1. The van der Waals surface area contributed by atoms with E-state index in [1.807, 2.05) is 0 Å². The summed E-state index contributed by atoms with van der Waals surface area (Å²) in [7, 11) is 1.47. The summed E-state index contributed by atoms with van der Waals surface area (Å²) in [5.74, 6) is -0.415. The van der Waals surface area contributed by atoms with Crippen LogP contribution in [0, 0.1) is 5.82 Å². The molecule has 3 N–H and O–H groups in total. The minimum absolute atomic E-state index is 0.0779. The van der Waals surface area contributed by atoms with Crippen molar-refractivity contribution in [2.45, 2.75) is 31.5 Å². The number of nitrogens with zero attached hydrogens (tertiary/aromatic N) is 1. The third-order valence-electron chi connectivity index (χ3n) is 3.97. The molecule has 120 valence electrons. The number of carbonyl (C=O) groups excluding carboxylic acids is 2. The van der Waals surface area contributed by atoms with E-state index in [9.17, 15) is 14.0 Å². The molecule has 1 aliphatic heterocycles. The number of likely N-dealkylation sites (tertiary alicyclic amines) is 1. The second-order valence-corrected chi connectivity index (χ2v) is 5.33. The summed E-state index contributed by atoms with van der Waals surface area (Å²) >= 11 is 0. The van der Waals surface area contributed by atoms with Crippen LogP contribution >= 0.6 is 0 Å². The molecule has 1 aromatic carbocycles. The number of methoxy groups -OCH3 is 1. The third kappa shape index (κ3) is 3.54. The Labute approximate surface area is 128 Å². The first-order chi connectivity index (χ1) is 10.6. The van der Waals surface area contributed by atoms with Gasteiger partial charge in [0.1, 0.15) is 11.6 Å². The van der Waals surface area contributed by atoms with E-state index in [0.29, 0.717) is 37.1 Å². The van der Waals surface area contributed by atoms with Gasteiger partial charge in [0.25, 0.3) is 0 Å². The van der Waals surface area contributed by atoms with Crippen LogP contribution < -0.4 is 15.8 Å². The van der Waals surface area contributed by atoms with Crippen molar-refractivity contribution >= 4 is 12.3 Å². The minimum atomic E-state index is -0.478. The first-order valence-corrected chi connectivity index (χ1v) is 7.11. The number of carbonyl (C=O) groups is 2. The summed E-state index contributed by atoms with van der Waals surface area (Å²) in [5.41, 5.74) is 5.82. The zero-order valence-electron chi connectivity index (χ0n) is 12.4. The SMILES string of the molecule is COc1cccc(F)c1CN1C[C@H](NC=O)CCC1C(N)=O. The third-order valence-corrected chi connectivity index (χ3v) is 3.97. The molecule has 1 aromatic rings. The molecule has 0 aromatic heterocycles. The second-order valence-electron chi connectivity index (χ2n) is 5.33. The van der Waals surface area contributed by atoms with E-state index < -0.39 is 17.8 Å². The lowest BCUT2D eigenvalue weighted by atomic mass is 9.97. The molecule has 2 amide bonds. The van der Waals surface area contributed by atoms with Gasteiger partial charge in [-0.1, -0.05) is 6.07 Å². The number of halogens is 1. The lowest BCUT2D eigenvalue weighted by Crippen LogP contribution is -2.54. The van der Waals surface area contributed by atoms with E-state index in [0.717, 1.165) is 0 Å². The van der Waals surface area contributed by atoms with Crippen molar-refractivity contribution in [1.82, 2.24) is 10.2 Å². The molecule has 22 heavy (non-hydrogen) atoms. The van der Waals surface area contributed by atoms with Crippen LogP contribution in [0.1, 0.15) is 18.4 Å². The molecule has 1 unspecified atom stereocenters. The molecule has 0 aliphatic carbocycles. The van der Waals surface area contributed by atoms with Gasteiger partial charge in [0, 0.05) is 24.7 Å². The van der Waals surface area contributed by atoms with Gasteiger partial charge in [0.2, 0.25) is 12.3 Å². The molecule has 1 aliphatic rings. The summed E-state index contributed by atoms with van der Waals surface area (Å²) in [5, 5.41) is 2.70. The summed E-state index contributed by atoms with van der Waals surface area (Å²) in [6, 6.07) is 4.03. The summed E-state index contributed by atoms with van der Waals surface area (Å²) < 4.78 is 19.3. The molecule has 1 saturated heterocycles. The van der Waals surface area contributed by atoms with Gasteiger partial charge >= 0.3 is 0 Å². The van der Waals surface area contributed by atoms with Crippen LogP contribution in [-0.2, 0) is 16.1 Å². The molecular formula is C15H20FN3O3. The van der Waals surface area contributed by atoms with Gasteiger partial charge < -0.3 is 15.8 Å². The van der Waals surface area contributed by atoms with Crippen LogP contribution in [0.3, 0.4) is 0 Å². The minimum Gasteiger partial charge on any atom is -0.496 e. The Kier molecular flexibility index (Phi) is 5.32. The van der Waals surface area contributed by atoms with Crippen LogP contribution in [0.15, 0.2) is 18.2 Å². The number of nitrogens with two attached hydrogens (primary N) is 1. The molecule has 0 spiro atoms. The highest BCUT2D eigenvalue weighted by atomic mass is 19.1. The topological polar surface area (TPSA) is 84.7 Å². The van der Waals surface area contributed by atoms with Gasteiger partial charge in [-0.05, 0) is 25.0 Å². The Morgan fingerprint density at radius 1 is 1.55 bits per heavy atom. The molecule has 6 nitrogen and oxygen atoms in total. The molecule has 7 heteroatoms. The zero-order chi connectivity index (χ0) is 16.1. The molecule has 2 rings (SSSR count). The molecule has 0 saturated carbocycles. The highest BCUT2D eigenvalue weighted by Crippen LogP contribution is 2.26. The fourth-order valence-electron chi connectivity index (χ4n) is 2.86. The predicted molar refractivity (Wildman–Crippen MR) is 78.6 cm³/mol. The van der Waals surface area contributed by atoms with Gasteiger partial charge in [0.05, 0.1) is 13.2 Å². The largest absolute Gasteiger partial charge is 0.496 e. The van der Waals surface area contributed by atoms with E-state index in [4.69, 9.17) is 10.5 Å². The van der Waals surface area contributed by atoms with Crippen molar-refractivity contribution in [2.24, 2.45) is 5.73 Å². The number of piperidine rings is 1. The Morgan fingerprint density at radius 3 is 2.95 bits per heavy atom. The molecule has 2 atom stereocenters. The van der Waals surface area contributed by atoms with E-state index in [1.54, 1.807) is 17.0 Å². The van der Waals surface area contributed by atoms with E-state index >= 15 is 0 Å². The Morgan fingerprint density at radius 2 is 2.32 bits per heavy atom. The number of ether oxygens (including phenoxy) is 1. The summed E-state index contributed by atoms with van der Waals surface area (Å²) in [6.07, 6.45) is 1.83. The van der Waals surface area contributed by atoms with Crippen molar-refractivity contribution in [3.05, 3.63) is 29.6 Å². The number of hydrogen-bond acceptors (Lipinski definition) is 4. The molecule has 0 bridgehead atoms. The monoisotopic (exact) mass is 309 g/mol. The summed E-state index contributed by atoms with van der Waals surface area (Å²) in [6.45, 7) is 0.629. The fourth-order valence-corrected chi connectivity index (χ4v) is 2.86. The van der Waals surface area contributed by atoms with Crippen LogP contribution in [-0.4, -0.2) is 43.0 Å². The van der Waals surface area contributed by atoms with Crippen LogP contribution in [0.4, 0.5) is 4.39 Å². The highest BCUT2D eigenvalue weighted by Gasteiger charge is 2.32. The van der Waals surface area contributed by atoms with Crippen LogP contribution in [0.5, 0.6) is 5.75 Å². The van der Waals surface area contributed by atoms with Crippen molar-refractivity contribution in [3.63, 3.8) is 0 Å². The maximum Gasteiger partial charge on any atom is 0.234 e. The van der Waals surface area contributed by atoms with E-state index in [-0.39, 0.29) is 12.6 Å². The Bertz CT molecular complexity index is 553. The van der Waals surface area contributed by atoms with Crippen molar-refractivity contribution in [1.29, 1.82) is 0 Å². The average Bonchev–Trinajstić information content (AvgIpc) is 2.49. The molecular weight excluding hydrogens is 289 g/mol. The van der Waals surface area contributed by atoms with Crippen molar-refractivity contribution < 1.29 is 18.7 Å². The van der Waals surface area contributed by atoms with Crippen molar-refractivity contribution in [2.75, 3.05) is 13.7 Å². The van der Waals surface area contributed by atoms with Crippen LogP contribution in [0.2, 0.25) is 0 Å². The predicted octanol–water partition coefficient (Wildman–Crippen LogP) is 0.399. The quantitative estimate of drug-likeness (QED) is 0.745. The number of benzene rings is 1. The van der Waals surface area contributed by atoms with E-state index in [1.165, 1.54) is 13.2 Å². The Hall–Kier alpha value is -2.15. The first-order valence-electron chi connectivity index (χ1n) is 7.11. The van der Waals surface area contributed by atoms with Gasteiger partial charge in [-0.2, -0.15) is 0 Å². The molecule has 0 radical (unpaired) electrons. The lowest BCUT2D eigenvalue weighted by Gasteiger charge is -2.38. The summed E-state index contributed by atoms with van der Waals surface area (Å²) in [4.78, 5) is 24.0. The molecule has 1 fully saturated rings. The second kappa shape index (κ2) is 7.22. The van der Waals surface area contributed by atoms with Gasteiger partial charge in [0.15, 0.2) is 0 Å². The zero-order valence-corrected chi connectivity index (χ0v) is 12.4. The molecule has 1 heterocycles. The standard InChI is InChI=1S/C15H20FN3O3/c1-22-14-4-2-3-12(16)11(14)8-19-7-10(18-9-20)5-6-13(19)15(17)21/h2-4,9-10,13H,5-8H2,1H3,(H2,17,21)(H,18,20)/t10-,13?/m1/s1. The van der Waals surface area contributed by atoms with Gasteiger partial charge in [-0.3, -0.25) is 14.5 Å². The van der Waals surface area contributed by atoms with Gasteiger partial charge in [-0.25, -0.2) is 4.39 Å². The fraction of sp³-hybridized carbons (Fsp3) is 0.467. The van der Waals surface area contributed by atoms with Crippen molar-refractivity contribution in [3.8, 4) is 5.75 Å². The normalized spacial score (nSPS) is 22.1. The lowest BCUT2D eigenvalue weighted by molar-refractivity contribution is -0.125. The number of hydrogen-bond donors (Lipinski definition) is 2. The van der Waals surface area contributed by atoms with Crippen LogP contribution in [0.25, 0.3) is 0 Å².